The Bertz CT molecular complexity index is 1130. The second kappa shape index (κ2) is 9.94. The van der Waals surface area contributed by atoms with Crippen LogP contribution in [0.2, 0.25) is 10.0 Å². The van der Waals surface area contributed by atoms with Crippen molar-refractivity contribution in [2.24, 2.45) is 5.92 Å². The van der Waals surface area contributed by atoms with Crippen molar-refractivity contribution in [3.8, 4) is 0 Å². The van der Waals surface area contributed by atoms with Crippen LogP contribution in [0.4, 0.5) is 0 Å². The van der Waals surface area contributed by atoms with Gasteiger partial charge in [-0.2, -0.15) is 0 Å². The molecule has 2 aromatic carbocycles. The topological polar surface area (TPSA) is 74.4 Å². The number of ether oxygens (including phenoxy) is 1. The van der Waals surface area contributed by atoms with E-state index in [1.165, 1.54) is 0 Å². The summed E-state index contributed by atoms with van der Waals surface area (Å²) in [6, 6.07) is 13.4. The van der Waals surface area contributed by atoms with E-state index in [1.807, 2.05) is 36.5 Å². The lowest BCUT2D eigenvalue weighted by Gasteiger charge is -2.21. The molecule has 2 N–H and O–H groups in total. The number of para-hydroxylation sites is 1. The summed E-state index contributed by atoms with van der Waals surface area (Å²) in [5.74, 6) is -0.699. The first-order chi connectivity index (χ1) is 15.5. The molecule has 2 amide bonds. The predicted molar refractivity (Wildman–Crippen MR) is 126 cm³/mol. The van der Waals surface area contributed by atoms with Crippen LogP contribution >= 0.6 is 23.2 Å². The molecule has 32 heavy (non-hydrogen) atoms. The second-order valence-electron chi connectivity index (χ2n) is 7.99. The van der Waals surface area contributed by atoms with Gasteiger partial charge < -0.3 is 19.9 Å². The van der Waals surface area contributed by atoms with Crippen molar-refractivity contribution in [1.82, 2.24) is 15.2 Å². The van der Waals surface area contributed by atoms with Crippen molar-refractivity contribution < 1.29 is 14.3 Å². The standard InChI is InChI=1S/C24H25Cl2N3O3/c1-32-9-8-29-14-15(10-23(29)30)24(31)28-13-19(17-7-6-16(25)11-21(17)26)20-12-27-22-5-3-2-4-18(20)22/h2-7,11-12,15,19,27H,8-10,13-14H2,1H3,(H,28,31). The van der Waals surface area contributed by atoms with Crippen LogP contribution in [0.15, 0.2) is 48.7 Å². The summed E-state index contributed by atoms with van der Waals surface area (Å²) in [5, 5.41) is 5.23. The van der Waals surface area contributed by atoms with Gasteiger partial charge in [0.15, 0.2) is 0 Å². The first kappa shape index (κ1) is 22.6. The van der Waals surface area contributed by atoms with Crippen molar-refractivity contribution in [3.05, 3.63) is 69.8 Å². The number of carbonyl (C=O) groups excluding carboxylic acids is 2. The van der Waals surface area contributed by atoms with Gasteiger partial charge in [0.1, 0.15) is 0 Å². The molecule has 1 fully saturated rings. The third-order valence-corrected chi connectivity index (χ3v) is 6.53. The van der Waals surface area contributed by atoms with Crippen LogP contribution in [0, 0.1) is 5.92 Å². The van der Waals surface area contributed by atoms with Crippen molar-refractivity contribution in [2.45, 2.75) is 12.3 Å². The van der Waals surface area contributed by atoms with Crippen LogP contribution < -0.4 is 5.32 Å². The molecule has 0 saturated carbocycles. The van der Waals surface area contributed by atoms with Crippen molar-refractivity contribution in [2.75, 3.05) is 33.4 Å². The molecule has 4 rings (SSSR count). The molecule has 0 bridgehead atoms. The molecule has 0 radical (unpaired) electrons. The van der Waals surface area contributed by atoms with Gasteiger partial charge in [-0.25, -0.2) is 0 Å². The second-order valence-corrected chi connectivity index (χ2v) is 8.83. The van der Waals surface area contributed by atoms with Crippen molar-refractivity contribution in [1.29, 1.82) is 0 Å². The maximum absolute atomic E-state index is 12.9. The third kappa shape index (κ3) is 4.77. The van der Waals surface area contributed by atoms with Crippen LogP contribution in [0.25, 0.3) is 10.9 Å². The summed E-state index contributed by atoms with van der Waals surface area (Å²) in [6.45, 7) is 1.72. The highest BCUT2D eigenvalue weighted by molar-refractivity contribution is 6.35. The number of fused-ring (bicyclic) bond motifs is 1. The highest BCUT2D eigenvalue weighted by Gasteiger charge is 2.34. The fourth-order valence-electron chi connectivity index (χ4n) is 4.27. The Morgan fingerprint density at radius 2 is 2.06 bits per heavy atom. The normalized spacial score (nSPS) is 17.2. The number of nitrogens with zero attached hydrogens (tertiary/aromatic N) is 1. The number of methoxy groups -OCH3 is 1. The lowest BCUT2D eigenvalue weighted by molar-refractivity contribution is -0.129. The summed E-state index contributed by atoms with van der Waals surface area (Å²) in [5.41, 5.74) is 2.93. The van der Waals surface area contributed by atoms with Gasteiger partial charge in [-0.15, -0.1) is 0 Å². The van der Waals surface area contributed by atoms with E-state index in [-0.39, 0.29) is 30.1 Å². The van der Waals surface area contributed by atoms with E-state index < -0.39 is 0 Å². The molecule has 1 saturated heterocycles. The number of H-pyrrole nitrogens is 1. The summed E-state index contributed by atoms with van der Waals surface area (Å²) >= 11 is 12.7. The number of rotatable bonds is 8. The summed E-state index contributed by atoms with van der Waals surface area (Å²) < 4.78 is 5.05. The molecule has 2 atom stereocenters. The zero-order chi connectivity index (χ0) is 22.7. The first-order valence-electron chi connectivity index (χ1n) is 10.5. The molecular formula is C24H25Cl2N3O3. The van der Waals surface area contributed by atoms with Gasteiger partial charge in [0.2, 0.25) is 11.8 Å². The Morgan fingerprint density at radius 3 is 2.84 bits per heavy atom. The lowest BCUT2D eigenvalue weighted by atomic mass is 9.90. The molecular weight excluding hydrogens is 449 g/mol. The number of amides is 2. The number of aromatic amines is 1. The fraction of sp³-hybridized carbons (Fsp3) is 0.333. The van der Waals surface area contributed by atoms with Gasteiger partial charge >= 0.3 is 0 Å². The molecule has 1 aliphatic rings. The van der Waals surface area contributed by atoms with E-state index in [9.17, 15) is 9.59 Å². The van der Waals surface area contributed by atoms with E-state index in [0.29, 0.717) is 36.3 Å². The highest BCUT2D eigenvalue weighted by Crippen LogP contribution is 2.35. The Balaban J connectivity index is 1.55. The molecule has 6 nitrogen and oxygen atoms in total. The largest absolute Gasteiger partial charge is 0.383 e. The Morgan fingerprint density at radius 1 is 1.25 bits per heavy atom. The Hall–Kier alpha value is -2.54. The molecule has 3 aromatic rings. The van der Waals surface area contributed by atoms with Crippen LogP contribution in [0.5, 0.6) is 0 Å². The third-order valence-electron chi connectivity index (χ3n) is 5.97. The van der Waals surface area contributed by atoms with E-state index in [4.69, 9.17) is 27.9 Å². The highest BCUT2D eigenvalue weighted by atomic mass is 35.5. The summed E-state index contributed by atoms with van der Waals surface area (Å²) in [4.78, 5) is 30.1. The minimum absolute atomic E-state index is 0.0175. The summed E-state index contributed by atoms with van der Waals surface area (Å²) in [7, 11) is 1.59. The maximum atomic E-state index is 12.9. The average Bonchev–Trinajstić information content (AvgIpc) is 3.37. The zero-order valence-electron chi connectivity index (χ0n) is 17.7. The van der Waals surface area contributed by atoms with Gasteiger partial charge in [0, 0.05) is 66.2 Å². The van der Waals surface area contributed by atoms with E-state index in [0.717, 1.165) is 22.0 Å². The van der Waals surface area contributed by atoms with E-state index in [2.05, 4.69) is 10.3 Å². The number of hydrogen-bond donors (Lipinski definition) is 2. The minimum atomic E-state index is -0.372. The SMILES string of the molecule is COCCN1CC(C(=O)NCC(c2ccc(Cl)cc2Cl)c2c[nH]c3ccccc23)CC1=O. The van der Waals surface area contributed by atoms with Gasteiger partial charge in [0.05, 0.1) is 12.5 Å². The van der Waals surface area contributed by atoms with E-state index in [1.54, 1.807) is 24.1 Å². The number of benzene rings is 2. The number of carbonyl (C=O) groups is 2. The fourth-order valence-corrected chi connectivity index (χ4v) is 4.81. The first-order valence-corrected chi connectivity index (χ1v) is 11.3. The summed E-state index contributed by atoms with van der Waals surface area (Å²) in [6.07, 6.45) is 2.17. The number of nitrogens with one attached hydrogen (secondary N) is 2. The number of halogens is 2. The maximum Gasteiger partial charge on any atom is 0.225 e. The molecule has 0 aliphatic carbocycles. The quantitative estimate of drug-likeness (QED) is 0.514. The van der Waals surface area contributed by atoms with Crippen molar-refractivity contribution >= 4 is 45.9 Å². The Labute approximate surface area is 196 Å². The molecule has 1 aliphatic heterocycles. The van der Waals surface area contributed by atoms with E-state index >= 15 is 0 Å². The van der Waals surface area contributed by atoms with Gasteiger partial charge in [-0.05, 0) is 29.3 Å². The van der Waals surface area contributed by atoms with Crippen molar-refractivity contribution in [3.63, 3.8) is 0 Å². The molecule has 0 spiro atoms. The average molecular weight is 474 g/mol. The van der Waals surface area contributed by atoms with Crippen LogP contribution in [0.3, 0.4) is 0 Å². The number of aromatic nitrogens is 1. The monoisotopic (exact) mass is 473 g/mol. The molecule has 168 valence electrons. The Kier molecular flexibility index (Phi) is 7.04. The number of likely N-dealkylation sites (tertiary alicyclic amines) is 1. The minimum Gasteiger partial charge on any atom is -0.383 e. The van der Waals surface area contributed by atoms with Gasteiger partial charge in [-0.3, -0.25) is 9.59 Å². The molecule has 2 unspecified atom stereocenters. The van der Waals surface area contributed by atoms with Crippen LogP contribution in [-0.2, 0) is 14.3 Å². The molecule has 8 heteroatoms. The smallest absolute Gasteiger partial charge is 0.225 e. The number of hydrogen-bond acceptors (Lipinski definition) is 3. The van der Waals surface area contributed by atoms with Crippen LogP contribution in [0.1, 0.15) is 23.5 Å². The molecule has 1 aromatic heterocycles. The zero-order valence-corrected chi connectivity index (χ0v) is 19.2. The van der Waals surface area contributed by atoms with Crippen LogP contribution in [-0.4, -0.2) is 55.0 Å². The lowest BCUT2D eigenvalue weighted by Crippen LogP contribution is -2.36. The van der Waals surface area contributed by atoms with Gasteiger partial charge in [-0.1, -0.05) is 47.5 Å². The molecule has 2 heterocycles. The van der Waals surface area contributed by atoms with Gasteiger partial charge in [0.25, 0.3) is 0 Å². The predicted octanol–water partition coefficient (Wildman–Crippen LogP) is 4.22.